The second kappa shape index (κ2) is 11.7. The van der Waals surface area contributed by atoms with Crippen LogP contribution in [0.5, 0.6) is 11.5 Å². The van der Waals surface area contributed by atoms with Crippen LogP contribution in [0.3, 0.4) is 0 Å². The quantitative estimate of drug-likeness (QED) is 0.318. The summed E-state index contributed by atoms with van der Waals surface area (Å²) in [4.78, 5) is 4.26. The highest BCUT2D eigenvalue weighted by molar-refractivity contribution is 14.0. The average Bonchev–Trinajstić information content (AvgIpc) is 2.65. The number of hydrogen-bond donors (Lipinski definition) is 3. The molecule has 0 heterocycles. The molecule has 148 valence electrons. The topological polar surface area (TPSA) is 65.9 Å². The number of benzene rings is 2. The maximum absolute atomic E-state index is 10.0. The second-order valence-electron chi connectivity index (χ2n) is 6.44. The molecule has 0 amide bonds. The lowest BCUT2D eigenvalue weighted by Crippen LogP contribution is -2.39. The molecule has 3 N–H and O–H groups in total. The molecule has 2 aromatic rings. The molecule has 0 saturated heterocycles. The molecule has 0 spiro atoms. The molecule has 1 unspecified atom stereocenters. The molecule has 1 atom stereocenters. The first-order valence-corrected chi connectivity index (χ1v) is 8.90. The van der Waals surface area contributed by atoms with Crippen LogP contribution < -0.4 is 15.4 Å². The van der Waals surface area contributed by atoms with Gasteiger partial charge in [-0.15, -0.1) is 24.0 Å². The van der Waals surface area contributed by atoms with Gasteiger partial charge in [-0.25, -0.2) is 0 Å². The van der Waals surface area contributed by atoms with Gasteiger partial charge in [-0.1, -0.05) is 42.8 Å². The third-order valence-corrected chi connectivity index (χ3v) is 4.42. The van der Waals surface area contributed by atoms with Crippen LogP contribution in [0.1, 0.15) is 29.5 Å². The molecular weight excluding hydrogens is 453 g/mol. The molecular formula is C21H30IN3O2. The fourth-order valence-corrected chi connectivity index (χ4v) is 2.68. The van der Waals surface area contributed by atoms with Crippen molar-refractivity contribution in [2.24, 2.45) is 4.99 Å². The van der Waals surface area contributed by atoms with E-state index in [1.165, 1.54) is 11.1 Å². The summed E-state index contributed by atoms with van der Waals surface area (Å²) in [6.07, 6.45) is 0.698. The van der Waals surface area contributed by atoms with E-state index in [4.69, 9.17) is 4.74 Å². The van der Waals surface area contributed by atoms with Crippen molar-refractivity contribution in [1.82, 2.24) is 10.6 Å². The fraction of sp³-hybridized carbons (Fsp3) is 0.381. The van der Waals surface area contributed by atoms with Gasteiger partial charge in [-0.05, 0) is 36.5 Å². The summed E-state index contributed by atoms with van der Waals surface area (Å²) in [5.41, 5.74) is 3.46. The Balaban J connectivity index is 0.00000364. The zero-order valence-electron chi connectivity index (χ0n) is 16.5. The van der Waals surface area contributed by atoms with Crippen molar-refractivity contribution in [3.63, 3.8) is 0 Å². The first-order valence-electron chi connectivity index (χ1n) is 8.90. The molecule has 0 saturated carbocycles. The van der Waals surface area contributed by atoms with Crippen molar-refractivity contribution >= 4 is 29.9 Å². The lowest BCUT2D eigenvalue weighted by atomic mass is 10.0. The second-order valence-corrected chi connectivity index (χ2v) is 6.44. The smallest absolute Gasteiger partial charge is 0.191 e. The van der Waals surface area contributed by atoms with Crippen molar-refractivity contribution in [3.8, 4) is 11.5 Å². The number of hydrogen-bond acceptors (Lipinski definition) is 3. The summed E-state index contributed by atoms with van der Waals surface area (Å²) in [7, 11) is 3.35. The lowest BCUT2D eigenvalue weighted by Gasteiger charge is -2.17. The molecule has 0 fully saturated rings. The van der Waals surface area contributed by atoms with E-state index in [1.807, 2.05) is 12.1 Å². The molecule has 2 rings (SSSR count). The highest BCUT2D eigenvalue weighted by Crippen LogP contribution is 2.23. The van der Waals surface area contributed by atoms with Gasteiger partial charge in [0.2, 0.25) is 0 Å². The van der Waals surface area contributed by atoms with Crippen LogP contribution in [0.15, 0.2) is 47.5 Å². The molecule has 0 bridgehead atoms. The van der Waals surface area contributed by atoms with Crippen LogP contribution in [-0.4, -0.2) is 38.3 Å². The third-order valence-electron chi connectivity index (χ3n) is 4.42. The summed E-state index contributed by atoms with van der Waals surface area (Å²) in [6.45, 7) is 5.77. The van der Waals surface area contributed by atoms with Gasteiger partial charge in [0.15, 0.2) is 5.96 Å². The SMILES string of the molecule is CN=C(NCCc1ccc(OC)cc1O)NCC(C)c1ccc(C)cc1.I. The van der Waals surface area contributed by atoms with Crippen molar-refractivity contribution in [2.45, 2.75) is 26.2 Å². The van der Waals surface area contributed by atoms with E-state index in [1.54, 1.807) is 20.2 Å². The molecule has 0 aliphatic rings. The average molecular weight is 483 g/mol. The van der Waals surface area contributed by atoms with E-state index >= 15 is 0 Å². The number of rotatable bonds is 7. The number of nitrogens with one attached hydrogen (secondary N) is 2. The van der Waals surface area contributed by atoms with Crippen LogP contribution in [0.25, 0.3) is 0 Å². The van der Waals surface area contributed by atoms with Crippen LogP contribution in [0, 0.1) is 6.92 Å². The first-order chi connectivity index (χ1) is 12.5. The van der Waals surface area contributed by atoms with E-state index in [0.29, 0.717) is 24.6 Å². The van der Waals surface area contributed by atoms with Gasteiger partial charge in [-0.2, -0.15) is 0 Å². The Morgan fingerprint density at radius 1 is 1.15 bits per heavy atom. The zero-order chi connectivity index (χ0) is 18.9. The summed E-state index contributed by atoms with van der Waals surface area (Å²) in [5.74, 6) is 2.06. The van der Waals surface area contributed by atoms with Gasteiger partial charge >= 0.3 is 0 Å². The number of nitrogens with zero attached hydrogens (tertiary/aromatic N) is 1. The Bertz CT molecular complexity index is 733. The minimum atomic E-state index is 0. The standard InChI is InChI=1S/C21H29N3O2.HI/c1-15-5-7-17(8-6-15)16(2)14-24-21(22-3)23-12-11-18-9-10-19(26-4)13-20(18)25;/h5-10,13,16,25H,11-12,14H2,1-4H3,(H2,22,23,24);1H. The number of phenols is 1. The number of aryl methyl sites for hydroxylation is 1. The van der Waals surface area contributed by atoms with Crippen molar-refractivity contribution in [1.29, 1.82) is 0 Å². The van der Waals surface area contributed by atoms with E-state index in [-0.39, 0.29) is 29.7 Å². The van der Waals surface area contributed by atoms with Gasteiger partial charge < -0.3 is 20.5 Å². The van der Waals surface area contributed by atoms with E-state index in [2.05, 4.69) is 53.7 Å². The Morgan fingerprint density at radius 2 is 1.85 bits per heavy atom. The Hall–Kier alpha value is -1.96. The normalized spacial score (nSPS) is 12.1. The predicted molar refractivity (Wildman–Crippen MR) is 123 cm³/mol. The fourth-order valence-electron chi connectivity index (χ4n) is 2.68. The van der Waals surface area contributed by atoms with E-state index < -0.39 is 0 Å². The molecule has 2 aromatic carbocycles. The molecule has 0 aromatic heterocycles. The molecule has 0 radical (unpaired) electrons. The number of guanidine groups is 1. The van der Waals surface area contributed by atoms with Crippen LogP contribution in [-0.2, 0) is 6.42 Å². The molecule has 0 aliphatic heterocycles. The van der Waals surface area contributed by atoms with E-state index in [0.717, 1.165) is 18.1 Å². The monoisotopic (exact) mass is 483 g/mol. The highest BCUT2D eigenvalue weighted by atomic mass is 127. The van der Waals surface area contributed by atoms with Gasteiger partial charge in [0.05, 0.1) is 7.11 Å². The third kappa shape index (κ3) is 7.28. The number of ether oxygens (including phenoxy) is 1. The molecule has 0 aliphatic carbocycles. The maximum Gasteiger partial charge on any atom is 0.191 e. The summed E-state index contributed by atoms with van der Waals surface area (Å²) < 4.78 is 5.10. The molecule has 27 heavy (non-hydrogen) atoms. The number of phenolic OH excluding ortho intramolecular Hbond substituents is 1. The predicted octanol–water partition coefficient (Wildman–Crippen LogP) is 3.84. The summed E-state index contributed by atoms with van der Waals surface area (Å²) in [6, 6.07) is 14.0. The number of methoxy groups -OCH3 is 1. The summed E-state index contributed by atoms with van der Waals surface area (Å²) in [5, 5.41) is 16.7. The molecule has 6 heteroatoms. The maximum atomic E-state index is 10.0. The van der Waals surface area contributed by atoms with Crippen molar-refractivity contribution in [2.75, 3.05) is 27.2 Å². The summed E-state index contributed by atoms with van der Waals surface area (Å²) >= 11 is 0. The minimum absolute atomic E-state index is 0. The highest BCUT2D eigenvalue weighted by Gasteiger charge is 2.07. The van der Waals surface area contributed by atoms with Gasteiger partial charge in [-0.3, -0.25) is 4.99 Å². The number of aromatic hydroxyl groups is 1. The van der Waals surface area contributed by atoms with Crippen molar-refractivity contribution < 1.29 is 9.84 Å². The van der Waals surface area contributed by atoms with Crippen LogP contribution >= 0.6 is 24.0 Å². The first kappa shape index (κ1) is 23.1. The molecule has 5 nitrogen and oxygen atoms in total. The van der Waals surface area contributed by atoms with Crippen molar-refractivity contribution in [3.05, 3.63) is 59.2 Å². The lowest BCUT2D eigenvalue weighted by molar-refractivity contribution is 0.406. The van der Waals surface area contributed by atoms with E-state index in [9.17, 15) is 5.11 Å². The minimum Gasteiger partial charge on any atom is -0.508 e. The number of halogens is 1. The Kier molecular flexibility index (Phi) is 9.99. The van der Waals surface area contributed by atoms with Crippen LogP contribution in [0.2, 0.25) is 0 Å². The Morgan fingerprint density at radius 3 is 2.44 bits per heavy atom. The zero-order valence-corrected chi connectivity index (χ0v) is 18.8. The van der Waals surface area contributed by atoms with Gasteiger partial charge in [0.1, 0.15) is 11.5 Å². The Labute approximate surface area is 179 Å². The number of aliphatic imine (C=N–C) groups is 1. The van der Waals surface area contributed by atoms with Gasteiger partial charge in [0, 0.05) is 26.2 Å². The largest absolute Gasteiger partial charge is 0.508 e. The van der Waals surface area contributed by atoms with Crippen LogP contribution in [0.4, 0.5) is 0 Å². The van der Waals surface area contributed by atoms with Gasteiger partial charge in [0.25, 0.3) is 0 Å².